The highest BCUT2D eigenvalue weighted by Crippen LogP contribution is 2.31. The van der Waals surface area contributed by atoms with E-state index in [4.69, 9.17) is 5.73 Å². The van der Waals surface area contributed by atoms with Gasteiger partial charge in [0, 0.05) is 6.20 Å². The number of aromatic nitrogens is 2. The molecular formula is C13H11N3S2. The minimum absolute atomic E-state index is 0.0288. The van der Waals surface area contributed by atoms with Crippen LogP contribution >= 0.6 is 24.0 Å². The SMILES string of the molecule is Nc1nc2ccc(C(S)c3ccccn3)cc2s1. The number of nitrogens with two attached hydrogens (primary N) is 1. The van der Waals surface area contributed by atoms with Crippen LogP contribution in [-0.2, 0) is 0 Å². The Morgan fingerprint density at radius 2 is 2.11 bits per heavy atom. The van der Waals surface area contributed by atoms with Gasteiger partial charge < -0.3 is 5.73 Å². The zero-order chi connectivity index (χ0) is 12.5. The lowest BCUT2D eigenvalue weighted by Gasteiger charge is -2.10. The molecule has 18 heavy (non-hydrogen) atoms. The first-order valence-corrected chi connectivity index (χ1v) is 6.82. The number of nitrogen functional groups attached to an aromatic ring is 1. The van der Waals surface area contributed by atoms with Gasteiger partial charge in [-0.1, -0.05) is 23.5 Å². The average molecular weight is 273 g/mol. The lowest BCUT2D eigenvalue weighted by atomic mass is 10.1. The number of hydrogen-bond donors (Lipinski definition) is 2. The third-order valence-corrected chi connectivity index (χ3v) is 4.12. The largest absolute Gasteiger partial charge is 0.375 e. The van der Waals surface area contributed by atoms with Gasteiger partial charge in [0.25, 0.3) is 0 Å². The van der Waals surface area contributed by atoms with Crippen LogP contribution in [0, 0.1) is 0 Å². The van der Waals surface area contributed by atoms with Crippen molar-refractivity contribution in [2.45, 2.75) is 5.25 Å². The molecule has 2 N–H and O–H groups in total. The van der Waals surface area contributed by atoms with Gasteiger partial charge in [0.2, 0.25) is 0 Å². The zero-order valence-electron chi connectivity index (χ0n) is 9.45. The van der Waals surface area contributed by atoms with Crippen molar-refractivity contribution < 1.29 is 0 Å². The fraction of sp³-hybridized carbons (Fsp3) is 0.0769. The maximum absolute atomic E-state index is 5.70. The summed E-state index contributed by atoms with van der Waals surface area (Å²) in [5, 5.41) is 0.564. The number of rotatable bonds is 2. The van der Waals surface area contributed by atoms with Gasteiger partial charge in [-0.25, -0.2) is 4.98 Å². The van der Waals surface area contributed by atoms with Crippen LogP contribution in [0.25, 0.3) is 10.2 Å². The molecule has 3 nitrogen and oxygen atoms in total. The average Bonchev–Trinajstić information content (AvgIpc) is 2.78. The Morgan fingerprint density at radius 1 is 1.22 bits per heavy atom. The van der Waals surface area contributed by atoms with Crippen LogP contribution in [0.4, 0.5) is 5.13 Å². The summed E-state index contributed by atoms with van der Waals surface area (Å²) < 4.78 is 1.08. The predicted molar refractivity (Wildman–Crippen MR) is 79.1 cm³/mol. The molecule has 0 aliphatic rings. The van der Waals surface area contributed by atoms with Gasteiger partial charge >= 0.3 is 0 Å². The third-order valence-electron chi connectivity index (χ3n) is 2.71. The van der Waals surface area contributed by atoms with E-state index in [1.807, 2.05) is 30.3 Å². The third kappa shape index (κ3) is 2.07. The van der Waals surface area contributed by atoms with Gasteiger partial charge in [0.1, 0.15) is 0 Å². The number of pyridine rings is 1. The van der Waals surface area contributed by atoms with Crippen molar-refractivity contribution in [1.82, 2.24) is 9.97 Å². The molecule has 1 aromatic carbocycles. The number of anilines is 1. The summed E-state index contributed by atoms with van der Waals surface area (Å²) in [6.07, 6.45) is 1.78. The summed E-state index contributed by atoms with van der Waals surface area (Å²) in [6, 6.07) is 11.9. The Kier molecular flexibility index (Phi) is 2.93. The van der Waals surface area contributed by atoms with E-state index in [2.05, 4.69) is 28.7 Å². The van der Waals surface area contributed by atoms with Crippen molar-refractivity contribution in [3.05, 3.63) is 53.9 Å². The van der Waals surface area contributed by atoms with Crippen molar-refractivity contribution in [2.24, 2.45) is 0 Å². The summed E-state index contributed by atoms with van der Waals surface area (Å²) in [5.41, 5.74) is 8.68. The van der Waals surface area contributed by atoms with Gasteiger partial charge in [-0.2, -0.15) is 12.6 Å². The summed E-state index contributed by atoms with van der Waals surface area (Å²) >= 11 is 6.12. The maximum Gasteiger partial charge on any atom is 0.181 e. The van der Waals surface area contributed by atoms with E-state index in [1.54, 1.807) is 6.20 Å². The van der Waals surface area contributed by atoms with E-state index >= 15 is 0 Å². The normalized spacial score (nSPS) is 12.7. The van der Waals surface area contributed by atoms with Gasteiger partial charge in [-0.15, -0.1) is 0 Å². The number of fused-ring (bicyclic) bond motifs is 1. The first kappa shape index (κ1) is 11.5. The monoisotopic (exact) mass is 273 g/mol. The highest BCUT2D eigenvalue weighted by Gasteiger charge is 2.12. The molecule has 1 unspecified atom stereocenters. The summed E-state index contributed by atoms with van der Waals surface area (Å²) in [7, 11) is 0. The molecule has 3 aromatic rings. The van der Waals surface area contributed by atoms with Crippen molar-refractivity contribution in [2.75, 3.05) is 5.73 Å². The molecule has 1 atom stereocenters. The molecule has 2 aromatic heterocycles. The maximum atomic E-state index is 5.70. The second-order valence-corrected chi connectivity index (χ2v) is 5.52. The summed E-state index contributed by atoms with van der Waals surface area (Å²) in [4.78, 5) is 8.57. The van der Waals surface area contributed by atoms with Gasteiger partial charge in [0.05, 0.1) is 21.2 Å². The smallest absolute Gasteiger partial charge is 0.181 e. The van der Waals surface area contributed by atoms with Crippen molar-refractivity contribution in [3.8, 4) is 0 Å². The summed E-state index contributed by atoms with van der Waals surface area (Å²) in [5.74, 6) is 0. The second-order valence-electron chi connectivity index (χ2n) is 3.94. The fourth-order valence-corrected chi connectivity index (χ4v) is 2.93. The molecule has 5 heteroatoms. The van der Waals surface area contributed by atoms with Crippen molar-refractivity contribution in [3.63, 3.8) is 0 Å². The molecule has 0 aliphatic heterocycles. The van der Waals surface area contributed by atoms with E-state index in [0.29, 0.717) is 5.13 Å². The molecule has 2 heterocycles. The number of hydrogen-bond acceptors (Lipinski definition) is 5. The minimum Gasteiger partial charge on any atom is -0.375 e. The van der Waals surface area contributed by atoms with Crippen LogP contribution < -0.4 is 5.73 Å². The van der Waals surface area contributed by atoms with Crippen LogP contribution in [0.1, 0.15) is 16.5 Å². The standard InChI is InChI=1S/C13H11N3S2/c14-13-16-9-5-4-8(7-11(9)18-13)12(17)10-3-1-2-6-15-10/h1-7,12,17H,(H2,14,16). The Bertz CT molecular complexity index is 679. The fourth-order valence-electron chi connectivity index (χ4n) is 1.84. The topological polar surface area (TPSA) is 51.8 Å². The second kappa shape index (κ2) is 4.59. The quantitative estimate of drug-likeness (QED) is 0.704. The van der Waals surface area contributed by atoms with Gasteiger partial charge in [0.15, 0.2) is 5.13 Å². The van der Waals surface area contributed by atoms with E-state index in [9.17, 15) is 0 Å². The molecule has 0 amide bonds. The van der Waals surface area contributed by atoms with Crippen LogP contribution in [0.3, 0.4) is 0 Å². The lowest BCUT2D eigenvalue weighted by molar-refractivity contribution is 1.06. The predicted octanol–water partition coefficient (Wildman–Crippen LogP) is 3.29. The van der Waals surface area contributed by atoms with E-state index in [0.717, 1.165) is 21.5 Å². The Labute approximate surface area is 114 Å². The molecule has 0 spiro atoms. The molecule has 0 saturated carbocycles. The molecule has 0 bridgehead atoms. The number of thiol groups is 1. The van der Waals surface area contributed by atoms with E-state index < -0.39 is 0 Å². The van der Waals surface area contributed by atoms with Crippen LogP contribution in [0.5, 0.6) is 0 Å². The highest BCUT2D eigenvalue weighted by atomic mass is 32.1. The molecule has 0 fully saturated rings. The number of benzene rings is 1. The van der Waals surface area contributed by atoms with Crippen LogP contribution in [0.2, 0.25) is 0 Å². The first-order valence-electron chi connectivity index (χ1n) is 5.49. The lowest BCUT2D eigenvalue weighted by Crippen LogP contribution is -1.95. The van der Waals surface area contributed by atoms with Gasteiger partial charge in [-0.3, -0.25) is 4.98 Å². The van der Waals surface area contributed by atoms with Crippen molar-refractivity contribution in [1.29, 1.82) is 0 Å². The minimum atomic E-state index is -0.0288. The van der Waals surface area contributed by atoms with Crippen LogP contribution in [-0.4, -0.2) is 9.97 Å². The molecule has 0 saturated heterocycles. The van der Waals surface area contributed by atoms with Crippen molar-refractivity contribution >= 4 is 39.3 Å². The highest BCUT2D eigenvalue weighted by molar-refractivity contribution is 7.80. The summed E-state index contributed by atoms with van der Waals surface area (Å²) in [6.45, 7) is 0. The first-order chi connectivity index (χ1) is 8.74. The van der Waals surface area contributed by atoms with E-state index in [1.165, 1.54) is 11.3 Å². The molecule has 0 aliphatic carbocycles. The van der Waals surface area contributed by atoms with Crippen LogP contribution in [0.15, 0.2) is 42.6 Å². The number of thiazole rings is 1. The Balaban J connectivity index is 2.03. The molecular weight excluding hydrogens is 262 g/mol. The Hall–Kier alpha value is -1.59. The Morgan fingerprint density at radius 3 is 2.89 bits per heavy atom. The molecule has 0 radical (unpaired) electrons. The van der Waals surface area contributed by atoms with E-state index in [-0.39, 0.29) is 5.25 Å². The molecule has 90 valence electrons. The molecule has 3 rings (SSSR count). The van der Waals surface area contributed by atoms with Gasteiger partial charge in [-0.05, 0) is 29.8 Å². The number of nitrogens with zero attached hydrogens (tertiary/aromatic N) is 2. The zero-order valence-corrected chi connectivity index (χ0v) is 11.2.